The van der Waals surface area contributed by atoms with Gasteiger partial charge in [-0.05, 0) is 61.7 Å². The number of nitrogens with one attached hydrogen (secondary N) is 1. The Kier molecular flexibility index (Phi) is 4.48. The predicted octanol–water partition coefficient (Wildman–Crippen LogP) is 3.89. The zero-order valence-electron chi connectivity index (χ0n) is 14.6. The Morgan fingerprint density at radius 2 is 2.00 bits per heavy atom. The molecule has 2 fully saturated rings. The van der Waals surface area contributed by atoms with Crippen molar-refractivity contribution in [2.75, 3.05) is 23.3 Å². The number of thiophene rings is 1. The number of hydrogen-bond donors (Lipinski definition) is 1. The molecule has 0 spiro atoms. The fourth-order valence-corrected chi connectivity index (χ4v) is 4.30. The molecule has 2 atom stereocenters. The van der Waals surface area contributed by atoms with Crippen LogP contribution >= 0.6 is 11.3 Å². The summed E-state index contributed by atoms with van der Waals surface area (Å²) in [4.78, 5) is 20.1. The molecule has 1 aliphatic carbocycles. The normalized spacial score (nSPS) is 23.5. The summed E-state index contributed by atoms with van der Waals surface area (Å²) in [6.45, 7) is 5.83. The zero-order valence-corrected chi connectivity index (χ0v) is 15.4. The Bertz CT molecular complexity index is 744. The molecule has 1 amide bonds. The third-order valence-electron chi connectivity index (χ3n) is 4.67. The van der Waals surface area contributed by atoms with Crippen LogP contribution in [0.3, 0.4) is 0 Å². The lowest BCUT2D eigenvalue weighted by Gasteiger charge is -2.36. The number of aromatic nitrogens is 1. The first-order valence-corrected chi connectivity index (χ1v) is 9.73. The first-order chi connectivity index (χ1) is 12.1. The number of nitrogens with zero attached hydrogens (tertiary/aromatic N) is 2. The van der Waals surface area contributed by atoms with E-state index in [0.717, 1.165) is 29.5 Å². The summed E-state index contributed by atoms with van der Waals surface area (Å²) in [7, 11) is 0. The van der Waals surface area contributed by atoms with Crippen LogP contribution in [-0.2, 0) is 4.74 Å². The van der Waals surface area contributed by atoms with Gasteiger partial charge >= 0.3 is 0 Å². The van der Waals surface area contributed by atoms with Gasteiger partial charge in [0.25, 0.3) is 5.91 Å². The van der Waals surface area contributed by atoms with E-state index in [4.69, 9.17) is 4.74 Å². The van der Waals surface area contributed by atoms with Gasteiger partial charge in [0.2, 0.25) is 0 Å². The number of rotatable bonds is 4. The molecule has 0 aromatic carbocycles. The Morgan fingerprint density at radius 1 is 1.24 bits per heavy atom. The lowest BCUT2D eigenvalue weighted by atomic mass is 10.1. The number of carbonyl (C=O) groups excluding carboxylic acids is 1. The fraction of sp³-hybridized carbons (Fsp3) is 0.474. The molecule has 1 aliphatic heterocycles. The lowest BCUT2D eigenvalue weighted by molar-refractivity contribution is -0.00545. The van der Waals surface area contributed by atoms with Gasteiger partial charge in [-0.2, -0.15) is 0 Å². The maximum Gasteiger partial charge on any atom is 0.266 e. The minimum absolute atomic E-state index is 0.0277. The predicted molar refractivity (Wildman–Crippen MR) is 101 cm³/mol. The Labute approximate surface area is 152 Å². The van der Waals surface area contributed by atoms with Crippen molar-refractivity contribution in [2.45, 2.75) is 44.8 Å². The molecule has 1 N–H and O–H groups in total. The second-order valence-corrected chi connectivity index (χ2v) is 7.92. The minimum Gasteiger partial charge on any atom is -0.372 e. The molecule has 2 aliphatic rings. The van der Waals surface area contributed by atoms with Crippen LogP contribution in [-0.4, -0.2) is 36.2 Å². The molecule has 132 valence electrons. The highest BCUT2D eigenvalue weighted by Gasteiger charge is 2.29. The average Bonchev–Trinajstić information content (AvgIpc) is 3.31. The molecule has 0 radical (unpaired) electrons. The van der Waals surface area contributed by atoms with Gasteiger partial charge in [0.05, 0.1) is 29.0 Å². The Hall–Kier alpha value is -1.92. The maximum atomic E-state index is 12.5. The molecular weight excluding hydrogens is 334 g/mol. The van der Waals surface area contributed by atoms with Crippen LogP contribution in [0.2, 0.25) is 0 Å². The quantitative estimate of drug-likeness (QED) is 0.902. The highest BCUT2D eigenvalue weighted by atomic mass is 32.1. The van der Waals surface area contributed by atoms with Crippen molar-refractivity contribution in [3.05, 3.63) is 40.2 Å². The Morgan fingerprint density at radius 3 is 2.64 bits per heavy atom. The number of pyridine rings is 1. The topological polar surface area (TPSA) is 54.5 Å². The molecule has 2 aromatic rings. The van der Waals surface area contributed by atoms with E-state index < -0.39 is 0 Å². The number of morpholine rings is 1. The van der Waals surface area contributed by atoms with Crippen molar-refractivity contribution in [2.24, 2.45) is 0 Å². The van der Waals surface area contributed by atoms with Crippen molar-refractivity contribution in [1.29, 1.82) is 0 Å². The molecule has 2 unspecified atom stereocenters. The monoisotopic (exact) mass is 357 g/mol. The van der Waals surface area contributed by atoms with E-state index >= 15 is 0 Å². The van der Waals surface area contributed by atoms with Gasteiger partial charge in [-0.3, -0.25) is 4.79 Å². The van der Waals surface area contributed by atoms with Gasteiger partial charge in [-0.15, -0.1) is 11.3 Å². The van der Waals surface area contributed by atoms with Crippen LogP contribution in [0.15, 0.2) is 29.8 Å². The largest absolute Gasteiger partial charge is 0.372 e. The van der Waals surface area contributed by atoms with E-state index in [0.29, 0.717) is 5.92 Å². The maximum absolute atomic E-state index is 12.5. The first kappa shape index (κ1) is 16.5. The second kappa shape index (κ2) is 6.77. The Balaban J connectivity index is 1.43. The molecule has 2 aromatic heterocycles. The van der Waals surface area contributed by atoms with Gasteiger partial charge in [0.15, 0.2) is 0 Å². The number of ether oxygens (including phenoxy) is 1. The molecule has 5 nitrogen and oxygen atoms in total. The molecule has 4 rings (SSSR count). The van der Waals surface area contributed by atoms with Crippen LogP contribution in [0.1, 0.15) is 47.8 Å². The van der Waals surface area contributed by atoms with Crippen LogP contribution < -0.4 is 10.2 Å². The van der Waals surface area contributed by atoms with Gasteiger partial charge in [-0.25, -0.2) is 4.98 Å². The van der Waals surface area contributed by atoms with Gasteiger partial charge in [0, 0.05) is 13.1 Å². The van der Waals surface area contributed by atoms with Gasteiger partial charge < -0.3 is 15.0 Å². The number of amides is 1. The van der Waals surface area contributed by atoms with Crippen LogP contribution in [0.4, 0.5) is 11.5 Å². The summed E-state index contributed by atoms with van der Waals surface area (Å²) < 4.78 is 5.77. The molecule has 1 saturated carbocycles. The van der Waals surface area contributed by atoms with Crippen molar-refractivity contribution in [1.82, 2.24) is 4.98 Å². The summed E-state index contributed by atoms with van der Waals surface area (Å²) in [6.07, 6.45) is 4.53. The molecule has 25 heavy (non-hydrogen) atoms. The van der Waals surface area contributed by atoms with E-state index in [1.54, 1.807) is 6.20 Å². The van der Waals surface area contributed by atoms with Crippen molar-refractivity contribution in [3.8, 4) is 0 Å². The second-order valence-electron chi connectivity index (χ2n) is 7.00. The highest BCUT2D eigenvalue weighted by Crippen LogP contribution is 2.43. The number of carbonyl (C=O) groups is 1. The van der Waals surface area contributed by atoms with Crippen molar-refractivity contribution in [3.63, 3.8) is 0 Å². The summed E-state index contributed by atoms with van der Waals surface area (Å²) in [5.74, 6) is 1.48. The van der Waals surface area contributed by atoms with E-state index in [-0.39, 0.29) is 18.1 Å². The number of hydrogen-bond acceptors (Lipinski definition) is 5. The van der Waals surface area contributed by atoms with E-state index in [1.807, 2.05) is 17.5 Å². The third-order valence-corrected chi connectivity index (χ3v) is 5.60. The smallest absolute Gasteiger partial charge is 0.266 e. The third kappa shape index (κ3) is 3.70. The number of anilines is 2. The summed E-state index contributed by atoms with van der Waals surface area (Å²) in [5, 5.41) is 4.99. The average molecular weight is 357 g/mol. The van der Waals surface area contributed by atoms with Gasteiger partial charge in [0.1, 0.15) is 5.82 Å². The van der Waals surface area contributed by atoms with Crippen LogP contribution in [0.5, 0.6) is 0 Å². The molecule has 0 bridgehead atoms. The summed E-state index contributed by atoms with van der Waals surface area (Å²) in [5.41, 5.74) is 1.93. The van der Waals surface area contributed by atoms with Crippen LogP contribution in [0.25, 0.3) is 0 Å². The molecule has 3 heterocycles. The summed E-state index contributed by atoms with van der Waals surface area (Å²) >= 11 is 1.52. The lowest BCUT2D eigenvalue weighted by Crippen LogP contribution is -2.45. The standard InChI is InChI=1S/C19H23N3O2S/c1-12-10-22(11-13(2)24-12)17-6-5-15(9-20-17)21-19(23)18-16(7-8-25-18)14-3-4-14/h5-9,12-14H,3-4,10-11H2,1-2H3,(H,21,23). The minimum atomic E-state index is -0.0277. The van der Waals surface area contributed by atoms with E-state index in [1.165, 1.54) is 29.7 Å². The van der Waals surface area contributed by atoms with Crippen molar-refractivity contribution < 1.29 is 9.53 Å². The van der Waals surface area contributed by atoms with E-state index in [9.17, 15) is 4.79 Å². The summed E-state index contributed by atoms with van der Waals surface area (Å²) in [6, 6.07) is 5.98. The van der Waals surface area contributed by atoms with Crippen LogP contribution in [0, 0.1) is 0 Å². The molecule has 1 saturated heterocycles. The molecular formula is C19H23N3O2S. The highest BCUT2D eigenvalue weighted by molar-refractivity contribution is 7.12. The van der Waals surface area contributed by atoms with Gasteiger partial charge in [-0.1, -0.05) is 0 Å². The SMILES string of the molecule is CC1CN(c2ccc(NC(=O)c3sccc3C3CC3)cn2)CC(C)O1. The van der Waals surface area contributed by atoms with Crippen molar-refractivity contribution >= 4 is 28.7 Å². The van der Waals surface area contributed by atoms with E-state index in [2.05, 4.69) is 35.1 Å². The fourth-order valence-electron chi connectivity index (χ4n) is 3.42. The first-order valence-electron chi connectivity index (χ1n) is 8.85. The molecule has 6 heteroatoms. The zero-order chi connectivity index (χ0) is 17.4.